The summed E-state index contributed by atoms with van der Waals surface area (Å²) in [7, 11) is -1.11. The first-order chi connectivity index (χ1) is 5.79. The van der Waals surface area contributed by atoms with Crippen molar-refractivity contribution in [3.63, 3.8) is 0 Å². The van der Waals surface area contributed by atoms with Crippen LogP contribution in [0.25, 0.3) is 0 Å². The van der Waals surface area contributed by atoms with E-state index in [2.05, 4.69) is 40.8 Å². The number of rotatable bonds is 4. The van der Waals surface area contributed by atoms with Crippen molar-refractivity contribution in [2.45, 2.75) is 46.9 Å². The quantitative estimate of drug-likeness (QED) is 0.516. The molecule has 0 saturated heterocycles. The first-order valence-electron chi connectivity index (χ1n) is 4.89. The molecule has 0 spiro atoms. The SMILES string of the molecule is C[C@@H](C(C=O)O[SiH](C)C)C(C)(C)C. The Bertz CT molecular complexity index is 161. The first kappa shape index (κ1) is 12.8. The molecule has 1 unspecified atom stereocenters. The van der Waals surface area contributed by atoms with Crippen molar-refractivity contribution >= 4 is 15.3 Å². The van der Waals surface area contributed by atoms with Crippen molar-refractivity contribution in [1.29, 1.82) is 0 Å². The van der Waals surface area contributed by atoms with Crippen LogP contribution in [0.4, 0.5) is 0 Å². The number of hydrogen-bond donors (Lipinski definition) is 0. The van der Waals surface area contributed by atoms with Gasteiger partial charge in [-0.2, -0.15) is 0 Å². The Morgan fingerprint density at radius 3 is 2.00 bits per heavy atom. The highest BCUT2D eigenvalue weighted by Crippen LogP contribution is 2.29. The zero-order valence-electron chi connectivity index (χ0n) is 9.63. The molecule has 0 aromatic carbocycles. The van der Waals surface area contributed by atoms with E-state index in [9.17, 15) is 4.79 Å². The lowest BCUT2D eigenvalue weighted by molar-refractivity contribution is -0.117. The topological polar surface area (TPSA) is 26.3 Å². The summed E-state index contributed by atoms with van der Waals surface area (Å²) in [6.45, 7) is 12.7. The maximum Gasteiger partial charge on any atom is 0.171 e. The van der Waals surface area contributed by atoms with E-state index in [1.165, 1.54) is 0 Å². The van der Waals surface area contributed by atoms with Crippen LogP contribution in [0.3, 0.4) is 0 Å². The fraction of sp³-hybridized carbons (Fsp3) is 0.900. The van der Waals surface area contributed by atoms with E-state index in [1.54, 1.807) is 0 Å². The highest BCUT2D eigenvalue weighted by molar-refractivity contribution is 6.48. The second-order valence-electron chi connectivity index (χ2n) is 4.94. The van der Waals surface area contributed by atoms with Gasteiger partial charge in [-0.05, 0) is 24.4 Å². The van der Waals surface area contributed by atoms with Crippen LogP contribution in [0.2, 0.25) is 13.1 Å². The standard InChI is InChI=1S/C10H22O2Si/c1-8(10(2,3)4)9(7-11)12-13(5)6/h7-9,13H,1-6H3/t8-,9?/m0/s1. The van der Waals surface area contributed by atoms with Crippen molar-refractivity contribution < 1.29 is 9.22 Å². The van der Waals surface area contributed by atoms with Crippen molar-refractivity contribution in [2.24, 2.45) is 11.3 Å². The molecule has 0 amide bonds. The molecule has 0 aliphatic heterocycles. The smallest absolute Gasteiger partial charge is 0.171 e. The monoisotopic (exact) mass is 202 g/mol. The molecule has 0 bridgehead atoms. The van der Waals surface area contributed by atoms with Gasteiger partial charge in [0.15, 0.2) is 9.04 Å². The van der Waals surface area contributed by atoms with E-state index < -0.39 is 9.04 Å². The van der Waals surface area contributed by atoms with Crippen LogP contribution in [0.1, 0.15) is 27.7 Å². The summed E-state index contributed by atoms with van der Waals surface area (Å²) >= 11 is 0. The third-order valence-electron chi connectivity index (χ3n) is 2.42. The fourth-order valence-corrected chi connectivity index (χ4v) is 2.00. The maximum atomic E-state index is 10.8. The Labute approximate surface area is 83.4 Å². The average Bonchev–Trinajstić information content (AvgIpc) is 1.96. The Kier molecular flexibility index (Phi) is 4.85. The number of aldehydes is 1. The molecular weight excluding hydrogens is 180 g/mol. The van der Waals surface area contributed by atoms with Gasteiger partial charge in [0, 0.05) is 0 Å². The van der Waals surface area contributed by atoms with Crippen LogP contribution in [0.15, 0.2) is 0 Å². The lowest BCUT2D eigenvalue weighted by Crippen LogP contribution is -2.35. The molecule has 0 aromatic heterocycles. The Balaban J connectivity index is 4.32. The van der Waals surface area contributed by atoms with E-state index in [0.717, 1.165) is 6.29 Å². The molecule has 0 aliphatic carbocycles. The van der Waals surface area contributed by atoms with Gasteiger partial charge in [-0.3, -0.25) is 0 Å². The predicted octanol–water partition coefficient (Wildman–Crippen LogP) is 2.24. The van der Waals surface area contributed by atoms with Crippen LogP contribution >= 0.6 is 0 Å². The molecule has 2 nitrogen and oxygen atoms in total. The highest BCUT2D eigenvalue weighted by Gasteiger charge is 2.28. The zero-order chi connectivity index (χ0) is 10.6. The molecule has 2 atom stereocenters. The van der Waals surface area contributed by atoms with E-state index >= 15 is 0 Å². The number of carbonyl (C=O) groups is 1. The van der Waals surface area contributed by atoms with Gasteiger partial charge in [-0.1, -0.05) is 27.7 Å². The van der Waals surface area contributed by atoms with Crippen LogP contribution in [-0.2, 0) is 9.22 Å². The van der Waals surface area contributed by atoms with Gasteiger partial charge < -0.3 is 9.22 Å². The molecular formula is C10H22O2Si. The van der Waals surface area contributed by atoms with E-state index in [0.29, 0.717) is 0 Å². The van der Waals surface area contributed by atoms with Gasteiger partial charge in [0.1, 0.15) is 12.4 Å². The van der Waals surface area contributed by atoms with E-state index in [4.69, 9.17) is 4.43 Å². The van der Waals surface area contributed by atoms with E-state index in [1.807, 2.05) is 0 Å². The van der Waals surface area contributed by atoms with Gasteiger partial charge in [-0.15, -0.1) is 0 Å². The Morgan fingerprint density at radius 1 is 1.31 bits per heavy atom. The molecule has 0 heterocycles. The van der Waals surface area contributed by atoms with Gasteiger partial charge in [0.2, 0.25) is 0 Å². The van der Waals surface area contributed by atoms with E-state index in [-0.39, 0.29) is 17.4 Å². The average molecular weight is 202 g/mol. The van der Waals surface area contributed by atoms with Crippen LogP contribution in [0.5, 0.6) is 0 Å². The molecule has 78 valence electrons. The summed E-state index contributed by atoms with van der Waals surface area (Å²) in [4.78, 5) is 10.8. The summed E-state index contributed by atoms with van der Waals surface area (Å²) in [5.41, 5.74) is 0.134. The molecule has 3 heteroatoms. The third kappa shape index (κ3) is 4.57. The van der Waals surface area contributed by atoms with Gasteiger partial charge >= 0.3 is 0 Å². The van der Waals surface area contributed by atoms with Crippen LogP contribution < -0.4 is 0 Å². The third-order valence-corrected chi connectivity index (χ3v) is 3.28. The summed E-state index contributed by atoms with van der Waals surface area (Å²) < 4.78 is 5.66. The second-order valence-corrected chi connectivity index (χ2v) is 7.31. The largest absolute Gasteiger partial charge is 0.411 e. The zero-order valence-corrected chi connectivity index (χ0v) is 10.8. The Hall–Kier alpha value is -0.153. The lowest BCUT2D eigenvalue weighted by atomic mass is 9.79. The number of hydrogen-bond acceptors (Lipinski definition) is 2. The summed E-state index contributed by atoms with van der Waals surface area (Å²) in [5, 5.41) is 0. The van der Waals surface area contributed by atoms with Crippen molar-refractivity contribution in [1.82, 2.24) is 0 Å². The molecule has 0 N–H and O–H groups in total. The van der Waals surface area contributed by atoms with Gasteiger partial charge in [0.05, 0.1) is 0 Å². The molecule has 0 saturated carbocycles. The van der Waals surface area contributed by atoms with Crippen molar-refractivity contribution in [3.8, 4) is 0 Å². The lowest BCUT2D eigenvalue weighted by Gasteiger charge is -2.32. The number of carbonyl (C=O) groups excluding carboxylic acids is 1. The molecule has 0 rings (SSSR count). The van der Waals surface area contributed by atoms with Crippen molar-refractivity contribution in [3.05, 3.63) is 0 Å². The predicted molar refractivity (Wildman–Crippen MR) is 58.4 cm³/mol. The Morgan fingerprint density at radius 2 is 1.77 bits per heavy atom. The van der Waals surface area contributed by atoms with Gasteiger partial charge in [0.25, 0.3) is 0 Å². The van der Waals surface area contributed by atoms with Crippen molar-refractivity contribution in [2.75, 3.05) is 0 Å². The maximum absolute atomic E-state index is 10.8. The van der Waals surface area contributed by atoms with Crippen LogP contribution in [0, 0.1) is 11.3 Å². The summed E-state index contributed by atoms with van der Waals surface area (Å²) in [6, 6.07) is 0. The minimum absolute atomic E-state index is 0.134. The summed E-state index contributed by atoms with van der Waals surface area (Å²) in [6.07, 6.45) is 0.731. The normalized spacial score (nSPS) is 17.2. The fourth-order valence-electron chi connectivity index (χ4n) is 1.07. The molecule has 0 fully saturated rings. The first-order valence-corrected chi connectivity index (χ1v) is 7.68. The minimum Gasteiger partial charge on any atom is -0.411 e. The second kappa shape index (κ2) is 4.91. The van der Waals surface area contributed by atoms with Crippen LogP contribution in [-0.4, -0.2) is 21.4 Å². The molecule has 13 heavy (non-hydrogen) atoms. The summed E-state index contributed by atoms with van der Waals surface area (Å²) in [5.74, 6) is 0.278. The highest BCUT2D eigenvalue weighted by atomic mass is 28.3. The molecule has 0 aromatic rings. The minimum atomic E-state index is -1.11. The molecule has 0 aliphatic rings. The van der Waals surface area contributed by atoms with Gasteiger partial charge in [-0.25, -0.2) is 0 Å². The molecule has 0 radical (unpaired) electrons.